The van der Waals surface area contributed by atoms with Gasteiger partial charge in [0, 0.05) is 40.1 Å². The lowest BCUT2D eigenvalue weighted by atomic mass is 10.2. The number of aromatic nitrogens is 1. The van der Waals surface area contributed by atoms with Crippen molar-refractivity contribution in [1.29, 1.82) is 0 Å². The smallest absolute Gasteiger partial charge is 0.272 e. The van der Waals surface area contributed by atoms with Gasteiger partial charge in [0.25, 0.3) is 5.91 Å². The average Bonchev–Trinajstić information content (AvgIpc) is 2.38. The summed E-state index contributed by atoms with van der Waals surface area (Å²) in [5.41, 5.74) is 6.83. The Balaban J connectivity index is 2.55. The van der Waals surface area contributed by atoms with Crippen LogP contribution in [0.1, 0.15) is 22.5 Å². The monoisotopic (exact) mass is 237 g/mol. The fourth-order valence-corrected chi connectivity index (χ4v) is 1.41. The molecular formula is C12H19N3O2. The van der Waals surface area contributed by atoms with Crippen LogP contribution in [0.3, 0.4) is 0 Å². The van der Waals surface area contributed by atoms with Crippen molar-refractivity contribution in [3.05, 3.63) is 29.6 Å². The van der Waals surface area contributed by atoms with Crippen LogP contribution >= 0.6 is 0 Å². The SMILES string of the molecule is COCCCN(C)C(=O)c1ccc(CN)cn1. The van der Waals surface area contributed by atoms with Gasteiger partial charge in [0.05, 0.1) is 0 Å². The van der Waals surface area contributed by atoms with Crippen LogP contribution in [0.2, 0.25) is 0 Å². The average molecular weight is 237 g/mol. The fourth-order valence-electron chi connectivity index (χ4n) is 1.41. The van der Waals surface area contributed by atoms with E-state index in [2.05, 4.69) is 4.98 Å². The maximum absolute atomic E-state index is 11.9. The standard InChI is InChI=1S/C12H19N3O2/c1-15(6-3-7-17-2)12(16)11-5-4-10(8-13)9-14-11/h4-5,9H,3,6-8,13H2,1-2H3. The van der Waals surface area contributed by atoms with Crippen LogP contribution < -0.4 is 5.73 Å². The number of carbonyl (C=O) groups is 1. The van der Waals surface area contributed by atoms with E-state index in [-0.39, 0.29) is 5.91 Å². The zero-order valence-corrected chi connectivity index (χ0v) is 10.3. The van der Waals surface area contributed by atoms with E-state index in [9.17, 15) is 4.79 Å². The molecule has 1 amide bonds. The van der Waals surface area contributed by atoms with E-state index < -0.39 is 0 Å². The van der Waals surface area contributed by atoms with Gasteiger partial charge in [-0.25, -0.2) is 0 Å². The van der Waals surface area contributed by atoms with Crippen molar-refractivity contribution in [2.24, 2.45) is 5.73 Å². The summed E-state index contributed by atoms with van der Waals surface area (Å²) in [7, 11) is 3.41. The first-order valence-corrected chi connectivity index (χ1v) is 5.58. The number of carbonyl (C=O) groups excluding carboxylic acids is 1. The van der Waals surface area contributed by atoms with Gasteiger partial charge >= 0.3 is 0 Å². The Kier molecular flexibility index (Phi) is 5.59. The molecule has 0 spiro atoms. The number of hydrogen-bond acceptors (Lipinski definition) is 4. The Morgan fingerprint density at radius 2 is 2.29 bits per heavy atom. The van der Waals surface area contributed by atoms with Crippen LogP contribution in [0, 0.1) is 0 Å². The molecule has 2 N–H and O–H groups in total. The lowest BCUT2D eigenvalue weighted by molar-refractivity contribution is 0.0773. The van der Waals surface area contributed by atoms with Gasteiger partial charge < -0.3 is 15.4 Å². The molecule has 0 aliphatic rings. The van der Waals surface area contributed by atoms with Gasteiger partial charge in [-0.05, 0) is 18.1 Å². The van der Waals surface area contributed by atoms with E-state index in [1.54, 1.807) is 31.3 Å². The third-order valence-electron chi connectivity index (χ3n) is 2.47. The highest BCUT2D eigenvalue weighted by Crippen LogP contribution is 2.03. The molecule has 1 rings (SSSR count). The predicted octanol–water partition coefficient (Wildman–Crippen LogP) is 0.649. The van der Waals surface area contributed by atoms with E-state index in [1.807, 2.05) is 6.07 Å². The maximum atomic E-state index is 11.9. The van der Waals surface area contributed by atoms with E-state index in [4.69, 9.17) is 10.5 Å². The van der Waals surface area contributed by atoms with Crippen LogP contribution in [-0.4, -0.2) is 43.1 Å². The molecule has 0 radical (unpaired) electrons. The minimum atomic E-state index is -0.0790. The Bertz CT molecular complexity index is 351. The number of ether oxygens (including phenoxy) is 1. The van der Waals surface area contributed by atoms with Crippen LogP contribution in [0.15, 0.2) is 18.3 Å². The molecule has 5 nitrogen and oxygen atoms in total. The normalized spacial score (nSPS) is 10.3. The molecule has 1 aromatic rings. The van der Waals surface area contributed by atoms with Crippen LogP contribution in [0.25, 0.3) is 0 Å². The molecule has 0 unspecified atom stereocenters. The highest BCUT2D eigenvalue weighted by molar-refractivity contribution is 5.92. The summed E-state index contributed by atoms with van der Waals surface area (Å²) in [6.45, 7) is 1.75. The van der Waals surface area contributed by atoms with Gasteiger partial charge in [-0.1, -0.05) is 6.07 Å². The Morgan fingerprint density at radius 1 is 1.53 bits per heavy atom. The first-order chi connectivity index (χ1) is 8.19. The molecular weight excluding hydrogens is 218 g/mol. The van der Waals surface area contributed by atoms with E-state index in [0.29, 0.717) is 25.4 Å². The number of amides is 1. The van der Waals surface area contributed by atoms with Crippen molar-refractivity contribution in [3.8, 4) is 0 Å². The summed E-state index contributed by atoms with van der Waals surface area (Å²) in [5.74, 6) is -0.0790. The number of hydrogen-bond donors (Lipinski definition) is 1. The van der Waals surface area contributed by atoms with Gasteiger partial charge in [0.15, 0.2) is 0 Å². The minimum absolute atomic E-state index is 0.0790. The Hall–Kier alpha value is -1.46. The molecule has 1 aromatic heterocycles. The van der Waals surface area contributed by atoms with Crippen LogP contribution in [0.4, 0.5) is 0 Å². The third kappa shape index (κ3) is 4.13. The number of pyridine rings is 1. The molecule has 0 atom stereocenters. The van der Waals surface area contributed by atoms with Gasteiger partial charge in [0.2, 0.25) is 0 Å². The van der Waals surface area contributed by atoms with E-state index in [1.165, 1.54) is 0 Å². The second kappa shape index (κ2) is 6.98. The fraction of sp³-hybridized carbons (Fsp3) is 0.500. The lowest BCUT2D eigenvalue weighted by Crippen LogP contribution is -2.29. The molecule has 1 heterocycles. The molecule has 0 aliphatic carbocycles. The summed E-state index contributed by atoms with van der Waals surface area (Å²) in [5, 5.41) is 0. The summed E-state index contributed by atoms with van der Waals surface area (Å²) in [4.78, 5) is 17.7. The second-order valence-corrected chi connectivity index (χ2v) is 3.83. The number of rotatable bonds is 6. The Morgan fingerprint density at radius 3 is 2.82 bits per heavy atom. The molecule has 0 saturated carbocycles. The van der Waals surface area contributed by atoms with Crippen LogP contribution in [0.5, 0.6) is 0 Å². The predicted molar refractivity (Wildman–Crippen MR) is 65.6 cm³/mol. The molecule has 0 aliphatic heterocycles. The first-order valence-electron chi connectivity index (χ1n) is 5.58. The first kappa shape index (κ1) is 13.6. The maximum Gasteiger partial charge on any atom is 0.272 e. The largest absolute Gasteiger partial charge is 0.385 e. The van der Waals surface area contributed by atoms with Gasteiger partial charge in [-0.3, -0.25) is 9.78 Å². The highest BCUT2D eigenvalue weighted by Gasteiger charge is 2.12. The molecule has 0 aromatic carbocycles. The lowest BCUT2D eigenvalue weighted by Gasteiger charge is -2.16. The van der Waals surface area contributed by atoms with E-state index in [0.717, 1.165) is 12.0 Å². The summed E-state index contributed by atoms with van der Waals surface area (Å²) in [6, 6.07) is 3.53. The second-order valence-electron chi connectivity index (χ2n) is 3.83. The third-order valence-corrected chi connectivity index (χ3v) is 2.47. The van der Waals surface area contributed by atoms with Crippen molar-refractivity contribution in [2.75, 3.05) is 27.3 Å². The highest BCUT2D eigenvalue weighted by atomic mass is 16.5. The summed E-state index contributed by atoms with van der Waals surface area (Å²) >= 11 is 0. The zero-order valence-electron chi connectivity index (χ0n) is 10.3. The zero-order chi connectivity index (χ0) is 12.7. The molecule has 0 bridgehead atoms. The van der Waals surface area contributed by atoms with Gasteiger partial charge in [-0.2, -0.15) is 0 Å². The minimum Gasteiger partial charge on any atom is -0.385 e. The van der Waals surface area contributed by atoms with E-state index >= 15 is 0 Å². The Labute approximate surface area is 102 Å². The molecule has 17 heavy (non-hydrogen) atoms. The number of nitrogens with two attached hydrogens (primary N) is 1. The quantitative estimate of drug-likeness (QED) is 0.738. The van der Waals surface area contributed by atoms with Crippen molar-refractivity contribution in [1.82, 2.24) is 9.88 Å². The molecule has 0 fully saturated rings. The van der Waals surface area contributed by atoms with Crippen molar-refractivity contribution >= 4 is 5.91 Å². The molecule has 94 valence electrons. The summed E-state index contributed by atoms with van der Waals surface area (Å²) < 4.78 is 4.94. The van der Waals surface area contributed by atoms with Crippen LogP contribution in [-0.2, 0) is 11.3 Å². The molecule has 5 heteroatoms. The topological polar surface area (TPSA) is 68.5 Å². The molecule has 0 saturated heterocycles. The van der Waals surface area contributed by atoms with Gasteiger partial charge in [-0.15, -0.1) is 0 Å². The van der Waals surface area contributed by atoms with Crippen molar-refractivity contribution < 1.29 is 9.53 Å². The number of nitrogens with zero attached hydrogens (tertiary/aromatic N) is 2. The van der Waals surface area contributed by atoms with Crippen molar-refractivity contribution in [2.45, 2.75) is 13.0 Å². The van der Waals surface area contributed by atoms with Gasteiger partial charge in [0.1, 0.15) is 5.69 Å². The summed E-state index contributed by atoms with van der Waals surface area (Å²) in [6.07, 6.45) is 2.45. The van der Waals surface area contributed by atoms with Crippen molar-refractivity contribution in [3.63, 3.8) is 0 Å². The number of methoxy groups -OCH3 is 1.